The molecule has 0 aliphatic carbocycles. The summed E-state index contributed by atoms with van der Waals surface area (Å²) in [5, 5.41) is 3.27. The molecule has 1 aromatic rings. The molecule has 1 N–H and O–H groups in total. The van der Waals surface area contributed by atoms with Crippen molar-refractivity contribution in [3.63, 3.8) is 0 Å². The smallest absolute Gasteiger partial charge is 0.310 e. The van der Waals surface area contributed by atoms with Crippen molar-refractivity contribution in [3.8, 4) is 0 Å². The van der Waals surface area contributed by atoms with Crippen LogP contribution in [0.5, 0.6) is 0 Å². The van der Waals surface area contributed by atoms with E-state index >= 15 is 0 Å². The van der Waals surface area contributed by atoms with Crippen LogP contribution in [-0.4, -0.2) is 19.1 Å². The highest BCUT2D eigenvalue weighted by Gasteiger charge is 2.15. The van der Waals surface area contributed by atoms with Gasteiger partial charge in [-0.1, -0.05) is 30.1 Å². The summed E-state index contributed by atoms with van der Waals surface area (Å²) in [5.74, 6) is -1.16. The van der Waals surface area contributed by atoms with Crippen molar-refractivity contribution in [1.29, 1.82) is 0 Å². The van der Waals surface area contributed by atoms with E-state index in [1.807, 2.05) is 0 Å². The standard InChI is InChI=1S/C12H14Cl2FNO2/c1-3-18-12(17)7(2)6-16-11-9(13)4-8(15)5-10(11)14/h4-5,7,16H,3,6H2,1-2H3. The Kier molecular flexibility index (Phi) is 5.69. The molecule has 18 heavy (non-hydrogen) atoms. The number of carbonyl (C=O) groups is 1. The molecule has 0 heterocycles. The normalized spacial score (nSPS) is 12.1. The summed E-state index contributed by atoms with van der Waals surface area (Å²) in [7, 11) is 0. The number of hydrogen-bond acceptors (Lipinski definition) is 3. The Morgan fingerprint density at radius 1 is 1.44 bits per heavy atom. The van der Waals surface area contributed by atoms with Gasteiger partial charge in [-0.25, -0.2) is 4.39 Å². The summed E-state index contributed by atoms with van der Waals surface area (Å²) in [6.07, 6.45) is 0. The zero-order valence-electron chi connectivity index (χ0n) is 10.1. The first kappa shape index (κ1) is 15.1. The maximum atomic E-state index is 13.0. The Hall–Kier alpha value is -1.00. The van der Waals surface area contributed by atoms with Crippen LogP contribution in [0.25, 0.3) is 0 Å². The molecule has 0 aromatic heterocycles. The van der Waals surface area contributed by atoms with Crippen LogP contribution in [0, 0.1) is 11.7 Å². The minimum absolute atomic E-state index is 0.177. The SMILES string of the molecule is CCOC(=O)C(C)CNc1c(Cl)cc(F)cc1Cl. The van der Waals surface area contributed by atoms with Gasteiger partial charge in [0.15, 0.2) is 0 Å². The van der Waals surface area contributed by atoms with Gasteiger partial charge in [-0.3, -0.25) is 4.79 Å². The van der Waals surface area contributed by atoms with Gasteiger partial charge in [0.25, 0.3) is 0 Å². The van der Waals surface area contributed by atoms with E-state index in [0.717, 1.165) is 12.1 Å². The van der Waals surface area contributed by atoms with Crippen molar-refractivity contribution in [1.82, 2.24) is 0 Å². The van der Waals surface area contributed by atoms with Crippen LogP contribution in [0.15, 0.2) is 12.1 Å². The van der Waals surface area contributed by atoms with E-state index in [4.69, 9.17) is 27.9 Å². The Morgan fingerprint density at radius 2 is 2.00 bits per heavy atom. The monoisotopic (exact) mass is 293 g/mol. The first-order valence-corrected chi connectivity index (χ1v) is 6.26. The molecule has 1 atom stereocenters. The van der Waals surface area contributed by atoms with Gasteiger partial charge >= 0.3 is 5.97 Å². The first-order chi connectivity index (χ1) is 8.45. The zero-order valence-corrected chi connectivity index (χ0v) is 11.6. The van der Waals surface area contributed by atoms with Crippen molar-refractivity contribution < 1.29 is 13.9 Å². The molecule has 0 spiro atoms. The molecule has 0 saturated carbocycles. The number of ether oxygens (including phenoxy) is 1. The van der Waals surface area contributed by atoms with Crippen LogP contribution in [0.2, 0.25) is 10.0 Å². The minimum atomic E-state index is -0.506. The molecule has 0 aliphatic rings. The Bertz CT molecular complexity index is 417. The average Bonchev–Trinajstić information content (AvgIpc) is 2.27. The maximum Gasteiger partial charge on any atom is 0.310 e. The van der Waals surface area contributed by atoms with Crippen molar-refractivity contribution in [2.24, 2.45) is 5.92 Å². The predicted molar refractivity (Wildman–Crippen MR) is 70.7 cm³/mol. The number of esters is 1. The highest BCUT2D eigenvalue weighted by atomic mass is 35.5. The number of rotatable bonds is 5. The molecule has 0 fully saturated rings. The second-order valence-electron chi connectivity index (χ2n) is 3.78. The predicted octanol–water partition coefficient (Wildman–Crippen LogP) is 3.74. The summed E-state index contributed by atoms with van der Waals surface area (Å²) in [6.45, 7) is 4.10. The van der Waals surface area contributed by atoms with Crippen molar-refractivity contribution in [3.05, 3.63) is 28.0 Å². The summed E-state index contributed by atoms with van der Waals surface area (Å²) in [6, 6.07) is 2.32. The topological polar surface area (TPSA) is 38.3 Å². The summed E-state index contributed by atoms with van der Waals surface area (Å²) in [4.78, 5) is 11.4. The molecular formula is C12H14Cl2FNO2. The van der Waals surface area contributed by atoms with Crippen LogP contribution >= 0.6 is 23.2 Å². The number of carbonyl (C=O) groups excluding carboxylic acids is 1. The van der Waals surface area contributed by atoms with Crippen LogP contribution in [0.3, 0.4) is 0 Å². The molecule has 0 aliphatic heterocycles. The zero-order chi connectivity index (χ0) is 13.7. The lowest BCUT2D eigenvalue weighted by Crippen LogP contribution is -2.22. The molecule has 0 amide bonds. The number of nitrogens with one attached hydrogen (secondary N) is 1. The average molecular weight is 294 g/mol. The molecular weight excluding hydrogens is 280 g/mol. The third-order valence-electron chi connectivity index (χ3n) is 2.28. The molecule has 0 saturated heterocycles. The van der Waals surface area contributed by atoms with Gasteiger partial charge in [-0.2, -0.15) is 0 Å². The van der Waals surface area contributed by atoms with Crippen LogP contribution in [-0.2, 0) is 9.53 Å². The fraction of sp³-hybridized carbons (Fsp3) is 0.417. The first-order valence-electron chi connectivity index (χ1n) is 5.50. The van der Waals surface area contributed by atoms with Gasteiger partial charge in [-0.05, 0) is 19.1 Å². The lowest BCUT2D eigenvalue weighted by atomic mass is 10.2. The van der Waals surface area contributed by atoms with E-state index in [2.05, 4.69) is 5.32 Å². The van der Waals surface area contributed by atoms with Crippen LogP contribution < -0.4 is 5.32 Å². The highest BCUT2D eigenvalue weighted by Crippen LogP contribution is 2.31. The molecule has 1 rings (SSSR count). The maximum absolute atomic E-state index is 13.0. The van der Waals surface area contributed by atoms with Crippen molar-refractivity contribution in [2.45, 2.75) is 13.8 Å². The van der Waals surface area contributed by atoms with Gasteiger partial charge < -0.3 is 10.1 Å². The van der Waals surface area contributed by atoms with E-state index in [0.29, 0.717) is 18.8 Å². The quantitative estimate of drug-likeness (QED) is 0.841. The van der Waals surface area contributed by atoms with Gasteiger partial charge in [0.05, 0.1) is 28.3 Å². The molecule has 6 heteroatoms. The lowest BCUT2D eigenvalue weighted by Gasteiger charge is -2.14. The molecule has 1 aromatic carbocycles. The van der Waals surface area contributed by atoms with Gasteiger partial charge in [0.2, 0.25) is 0 Å². The van der Waals surface area contributed by atoms with E-state index in [1.54, 1.807) is 13.8 Å². The third kappa shape index (κ3) is 4.03. The van der Waals surface area contributed by atoms with E-state index in [9.17, 15) is 9.18 Å². The lowest BCUT2D eigenvalue weighted by molar-refractivity contribution is -0.146. The van der Waals surface area contributed by atoms with Gasteiger partial charge in [0.1, 0.15) is 5.82 Å². The Morgan fingerprint density at radius 3 is 2.50 bits per heavy atom. The van der Waals surface area contributed by atoms with E-state index < -0.39 is 5.82 Å². The molecule has 3 nitrogen and oxygen atoms in total. The summed E-state index contributed by atoms with van der Waals surface area (Å²) < 4.78 is 17.8. The summed E-state index contributed by atoms with van der Waals surface area (Å²) in [5.41, 5.74) is 0.413. The number of hydrogen-bond donors (Lipinski definition) is 1. The molecule has 1 unspecified atom stereocenters. The largest absolute Gasteiger partial charge is 0.466 e. The van der Waals surface area contributed by atoms with Crippen molar-refractivity contribution in [2.75, 3.05) is 18.5 Å². The van der Waals surface area contributed by atoms with Crippen molar-refractivity contribution >= 4 is 34.9 Å². The minimum Gasteiger partial charge on any atom is -0.466 e. The van der Waals surface area contributed by atoms with E-state index in [1.165, 1.54) is 0 Å². The van der Waals surface area contributed by atoms with E-state index in [-0.39, 0.29) is 21.9 Å². The second kappa shape index (κ2) is 6.81. The van der Waals surface area contributed by atoms with Gasteiger partial charge in [-0.15, -0.1) is 0 Å². The number of anilines is 1. The molecule has 100 valence electrons. The molecule has 0 bridgehead atoms. The molecule has 0 radical (unpaired) electrons. The van der Waals surface area contributed by atoms with Crippen LogP contribution in [0.4, 0.5) is 10.1 Å². The van der Waals surface area contributed by atoms with Crippen LogP contribution in [0.1, 0.15) is 13.8 Å². The second-order valence-corrected chi connectivity index (χ2v) is 4.59. The highest BCUT2D eigenvalue weighted by molar-refractivity contribution is 6.39. The third-order valence-corrected chi connectivity index (χ3v) is 2.88. The Balaban J connectivity index is 2.66. The summed E-state index contributed by atoms with van der Waals surface area (Å²) >= 11 is 11.7. The number of halogens is 3. The fourth-order valence-electron chi connectivity index (χ4n) is 1.33. The van der Waals surface area contributed by atoms with Gasteiger partial charge in [0, 0.05) is 6.54 Å². The fourth-order valence-corrected chi connectivity index (χ4v) is 1.93. The number of benzene rings is 1. The Labute approximate surface area is 115 Å².